The Kier molecular flexibility index (Phi) is 5.26. The lowest BCUT2D eigenvalue weighted by molar-refractivity contribution is -0.126. The Morgan fingerprint density at radius 2 is 1.90 bits per heavy atom. The van der Waals surface area contributed by atoms with Crippen LogP contribution in [0.4, 0.5) is 5.69 Å². The highest BCUT2D eigenvalue weighted by Crippen LogP contribution is 2.27. The van der Waals surface area contributed by atoms with Crippen molar-refractivity contribution < 1.29 is 19.5 Å². The standard InChI is InChI=1S/C13H18N2O4S/c1-6(2)9(14-8(4)16)12(17)15-10-7(3)5-20-11(10)13(18)19/h5-6,9H,1-4H3,(H,14,16)(H,15,17)(H,18,19). The van der Waals surface area contributed by atoms with Gasteiger partial charge in [-0.1, -0.05) is 13.8 Å². The molecule has 0 saturated carbocycles. The zero-order chi connectivity index (χ0) is 15.4. The predicted octanol–water partition coefficient (Wildman–Crippen LogP) is 1.85. The second-order valence-electron chi connectivity index (χ2n) is 4.84. The first-order chi connectivity index (χ1) is 9.23. The van der Waals surface area contributed by atoms with E-state index in [1.165, 1.54) is 6.92 Å². The van der Waals surface area contributed by atoms with Crippen molar-refractivity contribution in [2.45, 2.75) is 33.7 Å². The molecule has 1 unspecified atom stereocenters. The van der Waals surface area contributed by atoms with E-state index in [1.54, 1.807) is 26.2 Å². The van der Waals surface area contributed by atoms with Gasteiger partial charge in [0.1, 0.15) is 10.9 Å². The number of nitrogens with one attached hydrogen (secondary N) is 2. The van der Waals surface area contributed by atoms with Crippen LogP contribution in [-0.4, -0.2) is 28.9 Å². The molecule has 1 atom stereocenters. The molecule has 0 saturated heterocycles. The summed E-state index contributed by atoms with van der Waals surface area (Å²) in [7, 11) is 0. The molecule has 0 radical (unpaired) electrons. The van der Waals surface area contributed by atoms with Crippen LogP contribution in [0.25, 0.3) is 0 Å². The van der Waals surface area contributed by atoms with E-state index in [2.05, 4.69) is 10.6 Å². The fraction of sp³-hybridized carbons (Fsp3) is 0.462. The molecule has 110 valence electrons. The van der Waals surface area contributed by atoms with E-state index in [4.69, 9.17) is 5.11 Å². The van der Waals surface area contributed by atoms with Crippen molar-refractivity contribution in [1.29, 1.82) is 0 Å². The van der Waals surface area contributed by atoms with Gasteiger partial charge in [0.05, 0.1) is 5.69 Å². The highest BCUT2D eigenvalue weighted by Gasteiger charge is 2.25. The average molecular weight is 298 g/mol. The third-order valence-electron chi connectivity index (χ3n) is 2.73. The van der Waals surface area contributed by atoms with Gasteiger partial charge in [-0.3, -0.25) is 9.59 Å². The number of aromatic carboxylic acids is 1. The molecule has 2 amide bonds. The van der Waals surface area contributed by atoms with E-state index in [-0.39, 0.29) is 16.7 Å². The molecular weight excluding hydrogens is 280 g/mol. The Morgan fingerprint density at radius 3 is 2.35 bits per heavy atom. The van der Waals surface area contributed by atoms with Gasteiger partial charge in [-0.2, -0.15) is 0 Å². The second kappa shape index (κ2) is 6.51. The predicted molar refractivity (Wildman–Crippen MR) is 77.1 cm³/mol. The van der Waals surface area contributed by atoms with Crippen molar-refractivity contribution in [3.8, 4) is 0 Å². The van der Waals surface area contributed by atoms with Crippen LogP contribution >= 0.6 is 11.3 Å². The molecule has 0 fully saturated rings. The summed E-state index contributed by atoms with van der Waals surface area (Å²) in [6.07, 6.45) is 0. The molecule has 0 aliphatic heterocycles. The number of carbonyl (C=O) groups excluding carboxylic acids is 2. The molecule has 1 aromatic heterocycles. The van der Waals surface area contributed by atoms with E-state index >= 15 is 0 Å². The normalized spacial score (nSPS) is 12.1. The van der Waals surface area contributed by atoms with Crippen molar-refractivity contribution in [2.24, 2.45) is 5.92 Å². The van der Waals surface area contributed by atoms with Gasteiger partial charge in [0, 0.05) is 6.92 Å². The van der Waals surface area contributed by atoms with Gasteiger partial charge in [-0.15, -0.1) is 11.3 Å². The maximum absolute atomic E-state index is 12.2. The number of amides is 2. The maximum Gasteiger partial charge on any atom is 0.348 e. The van der Waals surface area contributed by atoms with E-state index in [0.717, 1.165) is 11.3 Å². The Hall–Kier alpha value is -1.89. The molecule has 3 N–H and O–H groups in total. The first-order valence-corrected chi connectivity index (χ1v) is 7.01. The van der Waals surface area contributed by atoms with E-state index in [0.29, 0.717) is 11.3 Å². The highest BCUT2D eigenvalue weighted by molar-refractivity contribution is 7.12. The fourth-order valence-corrected chi connectivity index (χ4v) is 2.56. The topological polar surface area (TPSA) is 95.5 Å². The molecule has 0 bridgehead atoms. The molecule has 7 heteroatoms. The van der Waals surface area contributed by atoms with Crippen LogP contribution in [0.2, 0.25) is 0 Å². The monoisotopic (exact) mass is 298 g/mol. The minimum Gasteiger partial charge on any atom is -0.477 e. The summed E-state index contributed by atoms with van der Waals surface area (Å²) in [4.78, 5) is 34.5. The van der Waals surface area contributed by atoms with Crippen LogP contribution < -0.4 is 10.6 Å². The van der Waals surface area contributed by atoms with Gasteiger partial charge in [0.15, 0.2) is 0 Å². The van der Waals surface area contributed by atoms with Gasteiger partial charge < -0.3 is 15.7 Å². The van der Waals surface area contributed by atoms with Gasteiger partial charge in [0.25, 0.3) is 0 Å². The smallest absolute Gasteiger partial charge is 0.348 e. The lowest BCUT2D eigenvalue weighted by Gasteiger charge is -2.21. The number of hydrogen-bond donors (Lipinski definition) is 3. The van der Waals surface area contributed by atoms with Crippen molar-refractivity contribution in [1.82, 2.24) is 5.32 Å². The van der Waals surface area contributed by atoms with E-state index in [1.807, 2.05) is 0 Å². The number of thiophene rings is 1. The van der Waals surface area contributed by atoms with Gasteiger partial charge in [-0.25, -0.2) is 4.79 Å². The van der Waals surface area contributed by atoms with Crippen molar-refractivity contribution in [3.05, 3.63) is 15.8 Å². The first kappa shape index (κ1) is 16.2. The number of carbonyl (C=O) groups is 3. The van der Waals surface area contributed by atoms with Gasteiger partial charge in [-0.05, 0) is 23.8 Å². The average Bonchev–Trinajstić information content (AvgIpc) is 2.67. The number of carboxylic acid groups (broad SMARTS) is 1. The molecule has 6 nitrogen and oxygen atoms in total. The van der Waals surface area contributed by atoms with Crippen molar-refractivity contribution in [2.75, 3.05) is 5.32 Å². The summed E-state index contributed by atoms with van der Waals surface area (Å²) in [5.74, 6) is -1.91. The minimum atomic E-state index is -1.08. The summed E-state index contributed by atoms with van der Waals surface area (Å²) in [6.45, 7) is 6.67. The van der Waals surface area contributed by atoms with E-state index < -0.39 is 17.9 Å². The van der Waals surface area contributed by atoms with Gasteiger partial charge in [0.2, 0.25) is 11.8 Å². The number of carboxylic acids is 1. The fourth-order valence-electron chi connectivity index (χ4n) is 1.71. The summed E-state index contributed by atoms with van der Waals surface area (Å²) in [6, 6.07) is -0.701. The van der Waals surface area contributed by atoms with Crippen molar-refractivity contribution >= 4 is 34.8 Å². The van der Waals surface area contributed by atoms with Crippen LogP contribution in [0.15, 0.2) is 5.38 Å². The third-order valence-corrected chi connectivity index (χ3v) is 3.81. The summed E-state index contributed by atoms with van der Waals surface area (Å²) in [5.41, 5.74) is 0.981. The number of anilines is 1. The lowest BCUT2D eigenvalue weighted by Crippen LogP contribution is -2.46. The number of hydrogen-bond acceptors (Lipinski definition) is 4. The van der Waals surface area contributed by atoms with Crippen LogP contribution in [0.3, 0.4) is 0 Å². The molecular formula is C13H18N2O4S. The Balaban J connectivity index is 2.96. The molecule has 20 heavy (non-hydrogen) atoms. The molecule has 1 rings (SSSR count). The molecule has 0 spiro atoms. The molecule has 1 heterocycles. The summed E-state index contributed by atoms with van der Waals surface area (Å²) in [5, 5.41) is 15.9. The number of rotatable bonds is 5. The number of aryl methyl sites for hydroxylation is 1. The van der Waals surface area contributed by atoms with Crippen molar-refractivity contribution in [3.63, 3.8) is 0 Å². The Morgan fingerprint density at radius 1 is 1.30 bits per heavy atom. The largest absolute Gasteiger partial charge is 0.477 e. The third kappa shape index (κ3) is 3.80. The zero-order valence-electron chi connectivity index (χ0n) is 11.8. The quantitative estimate of drug-likeness (QED) is 0.773. The molecule has 0 aliphatic carbocycles. The SMILES string of the molecule is CC(=O)NC(C(=O)Nc1c(C)csc1C(=O)O)C(C)C. The summed E-state index contributed by atoms with van der Waals surface area (Å²) < 4.78 is 0. The van der Waals surface area contributed by atoms with E-state index in [9.17, 15) is 14.4 Å². The minimum absolute atomic E-state index is 0.0844. The van der Waals surface area contributed by atoms with Crippen LogP contribution in [0.5, 0.6) is 0 Å². The van der Waals surface area contributed by atoms with Gasteiger partial charge >= 0.3 is 5.97 Å². The molecule has 1 aromatic rings. The summed E-state index contributed by atoms with van der Waals surface area (Å²) >= 11 is 1.06. The molecule has 0 aromatic carbocycles. The second-order valence-corrected chi connectivity index (χ2v) is 5.72. The zero-order valence-corrected chi connectivity index (χ0v) is 12.6. The lowest BCUT2D eigenvalue weighted by atomic mass is 10.0. The van der Waals surface area contributed by atoms with Crippen LogP contribution in [0.1, 0.15) is 36.0 Å². The van der Waals surface area contributed by atoms with Crippen LogP contribution in [-0.2, 0) is 9.59 Å². The Labute approximate surface area is 121 Å². The Bertz CT molecular complexity index is 536. The molecule has 0 aliphatic rings. The highest BCUT2D eigenvalue weighted by atomic mass is 32.1. The first-order valence-electron chi connectivity index (χ1n) is 6.13. The van der Waals surface area contributed by atoms with Crippen LogP contribution in [0, 0.1) is 12.8 Å². The maximum atomic E-state index is 12.2.